The Bertz CT molecular complexity index is 104. The van der Waals surface area contributed by atoms with Crippen LogP contribution in [0.4, 0.5) is 0 Å². The van der Waals surface area contributed by atoms with Crippen LogP contribution < -0.4 is 5.73 Å². The Morgan fingerprint density at radius 2 is 2.10 bits per heavy atom. The molecule has 0 radical (unpaired) electrons. The number of rotatable bonds is 1. The topological polar surface area (TPSA) is 35.2 Å². The predicted molar refractivity (Wildman–Crippen MR) is 41.5 cm³/mol. The molecule has 1 aliphatic heterocycles. The minimum atomic E-state index is -0.0209. The first-order valence-electron chi connectivity index (χ1n) is 4.02. The minimum Gasteiger partial charge on any atom is -0.360 e. The van der Waals surface area contributed by atoms with Gasteiger partial charge in [-0.15, -0.1) is 0 Å². The first-order chi connectivity index (χ1) is 4.61. The third-order valence-electron chi connectivity index (χ3n) is 2.24. The van der Waals surface area contributed by atoms with Crippen molar-refractivity contribution < 1.29 is 4.74 Å². The molecule has 1 fully saturated rings. The maximum Gasteiger partial charge on any atom is 0.108 e. The van der Waals surface area contributed by atoms with E-state index in [-0.39, 0.29) is 6.23 Å². The molecular formula is C8H17NO. The van der Waals surface area contributed by atoms with E-state index in [1.54, 1.807) is 0 Å². The average molecular weight is 143 g/mol. The highest BCUT2D eigenvalue weighted by atomic mass is 16.5. The van der Waals surface area contributed by atoms with E-state index in [1.807, 2.05) is 0 Å². The van der Waals surface area contributed by atoms with Gasteiger partial charge in [-0.3, -0.25) is 0 Å². The second kappa shape index (κ2) is 2.89. The van der Waals surface area contributed by atoms with Crippen molar-refractivity contribution in [1.29, 1.82) is 0 Å². The van der Waals surface area contributed by atoms with Crippen molar-refractivity contribution in [2.24, 2.45) is 17.6 Å². The average Bonchev–Trinajstić information content (AvgIpc) is 2.13. The van der Waals surface area contributed by atoms with Gasteiger partial charge in [0.2, 0.25) is 0 Å². The highest BCUT2D eigenvalue weighted by molar-refractivity contribution is 4.77. The molecule has 1 rings (SSSR count). The molecule has 0 aromatic rings. The maximum atomic E-state index is 5.68. The summed E-state index contributed by atoms with van der Waals surface area (Å²) < 4.78 is 5.51. The van der Waals surface area contributed by atoms with Crippen LogP contribution in [0, 0.1) is 11.8 Å². The Morgan fingerprint density at radius 1 is 1.50 bits per heavy atom. The van der Waals surface area contributed by atoms with Gasteiger partial charge in [-0.05, 0) is 18.3 Å². The zero-order chi connectivity index (χ0) is 7.72. The fourth-order valence-electron chi connectivity index (χ4n) is 1.32. The van der Waals surface area contributed by atoms with Gasteiger partial charge in [-0.1, -0.05) is 20.8 Å². The molecule has 1 heterocycles. The summed E-state index contributed by atoms with van der Waals surface area (Å²) in [6.07, 6.45) is 1.50. The van der Waals surface area contributed by atoms with Gasteiger partial charge in [-0.25, -0.2) is 0 Å². The van der Waals surface area contributed by atoms with Crippen molar-refractivity contribution in [1.82, 2.24) is 0 Å². The van der Waals surface area contributed by atoms with Crippen molar-refractivity contribution in [2.75, 3.05) is 0 Å². The Morgan fingerprint density at radius 3 is 2.30 bits per heavy atom. The van der Waals surface area contributed by atoms with Gasteiger partial charge < -0.3 is 10.5 Å². The molecule has 0 aliphatic carbocycles. The van der Waals surface area contributed by atoms with Crippen LogP contribution in [0.3, 0.4) is 0 Å². The Labute approximate surface area is 62.7 Å². The third kappa shape index (κ3) is 1.50. The maximum absolute atomic E-state index is 5.68. The van der Waals surface area contributed by atoms with Crippen molar-refractivity contribution in [3.05, 3.63) is 0 Å². The quantitative estimate of drug-likeness (QED) is 0.601. The van der Waals surface area contributed by atoms with Gasteiger partial charge in [0.25, 0.3) is 0 Å². The molecule has 3 atom stereocenters. The van der Waals surface area contributed by atoms with E-state index in [0.29, 0.717) is 17.9 Å². The summed E-state index contributed by atoms with van der Waals surface area (Å²) >= 11 is 0. The Kier molecular flexibility index (Phi) is 2.32. The van der Waals surface area contributed by atoms with Crippen molar-refractivity contribution in [3.8, 4) is 0 Å². The van der Waals surface area contributed by atoms with Gasteiger partial charge >= 0.3 is 0 Å². The SMILES string of the molecule is CC(C)C1CC(C)C(N)O1. The standard InChI is InChI=1S/C8H17NO/c1-5(2)7-4-6(3)8(9)10-7/h5-8H,4,9H2,1-3H3. The molecule has 0 aromatic heterocycles. The van der Waals surface area contributed by atoms with Crippen LogP contribution in [0.25, 0.3) is 0 Å². The second-order valence-electron chi connectivity index (χ2n) is 3.60. The zero-order valence-corrected chi connectivity index (χ0v) is 7.00. The Hall–Kier alpha value is -0.0800. The van der Waals surface area contributed by atoms with Gasteiger partial charge in [0.1, 0.15) is 6.23 Å². The lowest BCUT2D eigenvalue weighted by Gasteiger charge is -2.13. The van der Waals surface area contributed by atoms with Crippen molar-refractivity contribution in [3.63, 3.8) is 0 Å². The van der Waals surface area contributed by atoms with Crippen LogP contribution in [-0.4, -0.2) is 12.3 Å². The molecule has 3 unspecified atom stereocenters. The summed E-state index contributed by atoms with van der Waals surface area (Å²) in [5, 5.41) is 0. The fraction of sp³-hybridized carbons (Fsp3) is 1.00. The van der Waals surface area contributed by atoms with Gasteiger partial charge in [0, 0.05) is 0 Å². The van der Waals surface area contributed by atoms with Gasteiger partial charge in [0.15, 0.2) is 0 Å². The van der Waals surface area contributed by atoms with E-state index in [4.69, 9.17) is 10.5 Å². The lowest BCUT2D eigenvalue weighted by atomic mass is 9.99. The van der Waals surface area contributed by atoms with E-state index in [0.717, 1.165) is 6.42 Å². The van der Waals surface area contributed by atoms with Crippen LogP contribution in [-0.2, 0) is 4.74 Å². The van der Waals surface area contributed by atoms with Crippen LogP contribution in [0.5, 0.6) is 0 Å². The van der Waals surface area contributed by atoms with E-state index < -0.39 is 0 Å². The third-order valence-corrected chi connectivity index (χ3v) is 2.24. The molecule has 10 heavy (non-hydrogen) atoms. The number of ether oxygens (including phenoxy) is 1. The van der Waals surface area contributed by atoms with E-state index >= 15 is 0 Å². The molecule has 0 amide bonds. The molecule has 0 spiro atoms. The molecule has 0 saturated carbocycles. The monoisotopic (exact) mass is 143 g/mol. The summed E-state index contributed by atoms with van der Waals surface area (Å²) in [7, 11) is 0. The predicted octanol–water partition coefficient (Wildman–Crippen LogP) is 1.35. The number of nitrogens with two attached hydrogens (primary N) is 1. The highest BCUT2D eigenvalue weighted by Crippen LogP contribution is 2.27. The Balaban J connectivity index is 2.41. The van der Waals surface area contributed by atoms with Crippen LogP contribution >= 0.6 is 0 Å². The molecule has 0 aromatic carbocycles. The molecule has 2 heteroatoms. The molecule has 0 bridgehead atoms. The van der Waals surface area contributed by atoms with E-state index in [1.165, 1.54) is 0 Å². The summed E-state index contributed by atoms with van der Waals surface area (Å²) in [6.45, 7) is 6.50. The largest absolute Gasteiger partial charge is 0.360 e. The lowest BCUT2D eigenvalue weighted by molar-refractivity contribution is 0.0166. The van der Waals surface area contributed by atoms with Crippen LogP contribution in [0.1, 0.15) is 27.2 Å². The van der Waals surface area contributed by atoms with Gasteiger partial charge in [-0.2, -0.15) is 0 Å². The smallest absolute Gasteiger partial charge is 0.108 e. The molecule has 60 valence electrons. The summed E-state index contributed by atoms with van der Waals surface area (Å²) in [5.74, 6) is 1.14. The highest BCUT2D eigenvalue weighted by Gasteiger charge is 2.30. The van der Waals surface area contributed by atoms with Crippen LogP contribution in [0.2, 0.25) is 0 Å². The normalized spacial score (nSPS) is 41.1. The fourth-order valence-corrected chi connectivity index (χ4v) is 1.32. The molecule has 1 aliphatic rings. The summed E-state index contributed by atoms with van der Waals surface area (Å²) in [6, 6.07) is 0. The number of hydrogen-bond donors (Lipinski definition) is 1. The second-order valence-corrected chi connectivity index (χ2v) is 3.60. The summed E-state index contributed by atoms with van der Waals surface area (Å²) in [4.78, 5) is 0. The summed E-state index contributed by atoms with van der Waals surface area (Å²) in [5.41, 5.74) is 5.68. The lowest BCUT2D eigenvalue weighted by Crippen LogP contribution is -2.25. The molecule has 1 saturated heterocycles. The van der Waals surface area contributed by atoms with Crippen molar-refractivity contribution in [2.45, 2.75) is 39.5 Å². The van der Waals surface area contributed by atoms with Crippen LogP contribution in [0.15, 0.2) is 0 Å². The van der Waals surface area contributed by atoms with Gasteiger partial charge in [0.05, 0.1) is 6.10 Å². The first-order valence-corrected chi connectivity index (χ1v) is 4.02. The van der Waals surface area contributed by atoms with Crippen molar-refractivity contribution >= 4 is 0 Å². The molecular weight excluding hydrogens is 126 g/mol. The first kappa shape index (κ1) is 8.02. The minimum absolute atomic E-state index is 0.0209. The van der Waals surface area contributed by atoms with E-state index in [9.17, 15) is 0 Å². The van der Waals surface area contributed by atoms with E-state index in [2.05, 4.69) is 20.8 Å². The molecule has 2 nitrogen and oxygen atoms in total. The zero-order valence-electron chi connectivity index (χ0n) is 7.00. The molecule has 2 N–H and O–H groups in total. The number of hydrogen-bond acceptors (Lipinski definition) is 2.